The zero-order valence-electron chi connectivity index (χ0n) is 13.5. The average Bonchev–Trinajstić information content (AvgIpc) is 2.46. The highest BCUT2D eigenvalue weighted by Gasteiger charge is 2.40. The number of nitrogens with zero attached hydrogens (tertiary/aromatic N) is 1. The number of unbranched alkanes of at least 4 members (excludes halogenated alkanes) is 1. The number of carbonyl (C=O) groups excluding carboxylic acids is 2. The second-order valence-electron chi connectivity index (χ2n) is 6.09. The molecule has 2 rings (SSSR count). The van der Waals surface area contributed by atoms with Crippen molar-refractivity contribution in [3.05, 3.63) is 23.8 Å². The number of hydrogen-bond donors (Lipinski definition) is 0. The van der Waals surface area contributed by atoms with Crippen LogP contribution in [-0.4, -0.2) is 29.2 Å². The second kappa shape index (κ2) is 6.29. The lowest BCUT2D eigenvalue weighted by atomic mass is 10.0. The van der Waals surface area contributed by atoms with Crippen molar-refractivity contribution in [1.29, 1.82) is 0 Å². The van der Waals surface area contributed by atoms with Crippen molar-refractivity contribution in [3.8, 4) is 5.75 Å². The first-order chi connectivity index (χ1) is 10.3. The third-order valence-corrected chi connectivity index (χ3v) is 3.95. The zero-order valence-corrected chi connectivity index (χ0v) is 14.2. The number of hydrogen-bond acceptors (Lipinski definition) is 3. The van der Waals surface area contributed by atoms with E-state index in [2.05, 4.69) is 6.92 Å². The van der Waals surface area contributed by atoms with Crippen LogP contribution >= 0.6 is 11.6 Å². The van der Waals surface area contributed by atoms with Gasteiger partial charge in [-0.25, -0.2) is 0 Å². The van der Waals surface area contributed by atoms with Gasteiger partial charge in [0.25, 0.3) is 5.91 Å². The Balaban J connectivity index is 2.46. The Morgan fingerprint density at radius 1 is 1.41 bits per heavy atom. The summed E-state index contributed by atoms with van der Waals surface area (Å²) in [5.41, 5.74) is 0.256. The number of Topliss-reactive ketones (excluding diaryl/α,β-unsaturated/α-hetero) is 1. The quantitative estimate of drug-likeness (QED) is 0.611. The van der Waals surface area contributed by atoms with Crippen LogP contribution in [0.15, 0.2) is 18.2 Å². The largest absolute Gasteiger partial charge is 0.476 e. The first-order valence-corrected chi connectivity index (χ1v) is 8.05. The smallest absolute Gasteiger partial charge is 0.270 e. The van der Waals surface area contributed by atoms with Gasteiger partial charge in [0.15, 0.2) is 11.4 Å². The molecule has 0 saturated heterocycles. The standard InChI is InChI=1S/C17H22ClNO3/c1-5-6-9-19-13-10-12(15(20)11(2)18)7-8-14(13)22-17(3,4)16(19)21/h7-8,10-11H,5-6,9H2,1-4H3. The molecule has 0 N–H and O–H groups in total. The lowest BCUT2D eigenvalue weighted by Gasteiger charge is -2.39. The lowest BCUT2D eigenvalue weighted by molar-refractivity contribution is -0.132. The summed E-state index contributed by atoms with van der Waals surface area (Å²) in [5.74, 6) is 0.383. The monoisotopic (exact) mass is 323 g/mol. The van der Waals surface area contributed by atoms with E-state index < -0.39 is 11.0 Å². The summed E-state index contributed by atoms with van der Waals surface area (Å²) in [6, 6.07) is 5.15. The Morgan fingerprint density at radius 2 is 2.09 bits per heavy atom. The summed E-state index contributed by atoms with van der Waals surface area (Å²) < 4.78 is 5.80. The minimum atomic E-state index is -0.897. The molecule has 1 aromatic carbocycles. The van der Waals surface area contributed by atoms with Gasteiger partial charge in [0.05, 0.1) is 11.1 Å². The predicted molar refractivity (Wildman–Crippen MR) is 88.1 cm³/mol. The highest BCUT2D eigenvalue weighted by Crippen LogP contribution is 2.38. The maximum absolute atomic E-state index is 12.6. The Hall–Kier alpha value is -1.55. The van der Waals surface area contributed by atoms with Crippen LogP contribution < -0.4 is 9.64 Å². The normalized spacial score (nSPS) is 17.7. The fourth-order valence-corrected chi connectivity index (χ4v) is 2.61. The van der Waals surface area contributed by atoms with Gasteiger partial charge >= 0.3 is 0 Å². The highest BCUT2D eigenvalue weighted by atomic mass is 35.5. The van der Waals surface area contributed by atoms with Crippen molar-refractivity contribution in [3.63, 3.8) is 0 Å². The number of ether oxygens (including phenoxy) is 1. The molecule has 120 valence electrons. The van der Waals surface area contributed by atoms with Crippen LogP contribution in [0.3, 0.4) is 0 Å². The summed E-state index contributed by atoms with van der Waals surface area (Å²) >= 11 is 5.88. The molecular formula is C17H22ClNO3. The summed E-state index contributed by atoms with van der Waals surface area (Å²) in [5, 5.41) is -0.598. The number of anilines is 1. The molecule has 0 bridgehead atoms. The molecule has 22 heavy (non-hydrogen) atoms. The van der Waals surface area contributed by atoms with Crippen molar-refractivity contribution in [1.82, 2.24) is 0 Å². The number of rotatable bonds is 5. The van der Waals surface area contributed by atoms with Gasteiger partial charge in [-0.3, -0.25) is 9.59 Å². The minimum absolute atomic E-state index is 0.0861. The Bertz CT molecular complexity index is 596. The van der Waals surface area contributed by atoms with Gasteiger partial charge in [-0.15, -0.1) is 11.6 Å². The minimum Gasteiger partial charge on any atom is -0.476 e. The molecule has 1 heterocycles. The SMILES string of the molecule is CCCCN1C(=O)C(C)(C)Oc2ccc(C(=O)C(C)Cl)cc21. The van der Waals surface area contributed by atoms with Gasteiger partial charge in [-0.2, -0.15) is 0 Å². The van der Waals surface area contributed by atoms with Gasteiger partial charge in [0.1, 0.15) is 5.75 Å². The van der Waals surface area contributed by atoms with Crippen molar-refractivity contribution >= 4 is 29.0 Å². The first kappa shape index (κ1) is 16.8. The Labute approximate surface area is 136 Å². The van der Waals surface area contributed by atoms with Gasteiger partial charge in [-0.05, 0) is 45.4 Å². The Kier molecular flexibility index (Phi) is 4.81. The number of fused-ring (bicyclic) bond motifs is 1. The van der Waals surface area contributed by atoms with Crippen LogP contribution in [0.5, 0.6) is 5.75 Å². The highest BCUT2D eigenvalue weighted by molar-refractivity contribution is 6.33. The molecule has 0 fully saturated rings. The zero-order chi connectivity index (χ0) is 16.5. The number of alkyl halides is 1. The fourth-order valence-electron chi connectivity index (χ4n) is 2.49. The molecule has 4 nitrogen and oxygen atoms in total. The van der Waals surface area contributed by atoms with E-state index in [1.54, 1.807) is 43.9 Å². The van der Waals surface area contributed by atoms with E-state index in [0.29, 0.717) is 23.5 Å². The molecule has 0 aliphatic carbocycles. The molecule has 1 aliphatic heterocycles. The van der Waals surface area contributed by atoms with Crippen molar-refractivity contribution < 1.29 is 14.3 Å². The third-order valence-electron chi connectivity index (χ3n) is 3.76. The number of benzene rings is 1. The van der Waals surface area contributed by atoms with Gasteiger partial charge in [-0.1, -0.05) is 13.3 Å². The van der Waals surface area contributed by atoms with E-state index in [1.165, 1.54) is 0 Å². The predicted octanol–water partition coefficient (Wildman–Crippen LogP) is 3.80. The first-order valence-electron chi connectivity index (χ1n) is 7.61. The van der Waals surface area contributed by atoms with Gasteiger partial charge in [0, 0.05) is 12.1 Å². The maximum atomic E-state index is 12.6. The molecule has 0 aromatic heterocycles. The van der Waals surface area contributed by atoms with Crippen LogP contribution in [0.4, 0.5) is 5.69 Å². The van der Waals surface area contributed by atoms with E-state index in [4.69, 9.17) is 16.3 Å². The maximum Gasteiger partial charge on any atom is 0.270 e. The molecule has 1 aromatic rings. The van der Waals surface area contributed by atoms with Crippen LogP contribution in [0.25, 0.3) is 0 Å². The number of amides is 1. The molecule has 0 saturated carbocycles. The van der Waals surface area contributed by atoms with Crippen LogP contribution in [-0.2, 0) is 4.79 Å². The van der Waals surface area contributed by atoms with E-state index in [0.717, 1.165) is 12.8 Å². The Morgan fingerprint density at radius 3 is 2.68 bits per heavy atom. The van der Waals surface area contributed by atoms with Crippen molar-refractivity contribution in [2.45, 2.75) is 51.5 Å². The lowest BCUT2D eigenvalue weighted by Crippen LogP contribution is -2.52. The molecular weight excluding hydrogens is 302 g/mol. The van der Waals surface area contributed by atoms with E-state index in [1.807, 2.05) is 0 Å². The van der Waals surface area contributed by atoms with Gasteiger partial charge in [0.2, 0.25) is 0 Å². The number of ketones is 1. The van der Waals surface area contributed by atoms with E-state index in [-0.39, 0.29) is 11.7 Å². The topological polar surface area (TPSA) is 46.6 Å². The third kappa shape index (κ3) is 3.12. The molecule has 1 aliphatic rings. The van der Waals surface area contributed by atoms with Crippen LogP contribution in [0, 0.1) is 0 Å². The fraction of sp³-hybridized carbons (Fsp3) is 0.529. The van der Waals surface area contributed by atoms with E-state index in [9.17, 15) is 9.59 Å². The summed E-state index contributed by atoms with van der Waals surface area (Å²) in [6.07, 6.45) is 1.88. The second-order valence-corrected chi connectivity index (χ2v) is 6.74. The number of carbonyl (C=O) groups is 2. The average molecular weight is 324 g/mol. The van der Waals surface area contributed by atoms with Crippen LogP contribution in [0.1, 0.15) is 50.9 Å². The summed E-state index contributed by atoms with van der Waals surface area (Å²) in [4.78, 5) is 26.4. The van der Waals surface area contributed by atoms with Gasteiger partial charge < -0.3 is 9.64 Å². The van der Waals surface area contributed by atoms with Crippen molar-refractivity contribution in [2.75, 3.05) is 11.4 Å². The molecule has 1 atom stereocenters. The summed E-state index contributed by atoms with van der Waals surface area (Å²) in [7, 11) is 0. The molecule has 1 amide bonds. The van der Waals surface area contributed by atoms with Crippen LogP contribution in [0.2, 0.25) is 0 Å². The van der Waals surface area contributed by atoms with E-state index >= 15 is 0 Å². The number of halogens is 1. The molecule has 0 spiro atoms. The molecule has 1 unspecified atom stereocenters. The summed E-state index contributed by atoms with van der Waals surface area (Å²) in [6.45, 7) is 7.85. The molecule has 5 heteroatoms. The van der Waals surface area contributed by atoms with Crippen molar-refractivity contribution in [2.24, 2.45) is 0 Å². The molecule has 0 radical (unpaired) electrons.